The Kier molecular flexibility index (Phi) is 12.4. The van der Waals surface area contributed by atoms with Crippen LogP contribution in [0.4, 0.5) is 0 Å². The fourth-order valence-electron chi connectivity index (χ4n) is 3.46. The molecule has 1 aromatic rings. The van der Waals surface area contributed by atoms with Crippen molar-refractivity contribution in [1.29, 1.82) is 0 Å². The molecule has 166 valence electrons. The van der Waals surface area contributed by atoms with Crippen LogP contribution in [0.1, 0.15) is 60.3 Å². The van der Waals surface area contributed by atoms with Crippen LogP contribution in [0.15, 0.2) is 0 Å². The monoisotopic (exact) mass is 427 g/mol. The second-order valence-electron chi connectivity index (χ2n) is 6.58. The quantitative estimate of drug-likeness (QED) is 0.267. The summed E-state index contributed by atoms with van der Waals surface area (Å²) in [5, 5.41) is 3.48. The molecule has 0 aliphatic carbocycles. The maximum absolute atomic E-state index is 12.5. The number of hydrogen-bond acceptors (Lipinski definition) is 6. The second kappa shape index (κ2) is 13.9. The van der Waals surface area contributed by atoms with E-state index in [4.69, 9.17) is 18.5 Å². The molecule has 6 nitrogen and oxygen atoms in total. The second-order valence-corrected chi connectivity index (χ2v) is 8.21. The Morgan fingerprint density at radius 1 is 0.931 bits per heavy atom. The van der Waals surface area contributed by atoms with Crippen LogP contribution in [0.2, 0.25) is 0 Å². The van der Waals surface area contributed by atoms with Crippen LogP contribution in [-0.4, -0.2) is 52.2 Å². The number of hydrogen-bond donors (Lipinski definition) is 1. The predicted molar refractivity (Wildman–Crippen MR) is 119 cm³/mol. The zero-order valence-corrected chi connectivity index (χ0v) is 20.0. The van der Waals surface area contributed by atoms with Gasteiger partial charge in [0.25, 0.3) is 0 Å². The minimum atomic E-state index is -0.827. The molecule has 0 aromatic heterocycles. The summed E-state index contributed by atoms with van der Waals surface area (Å²) in [4.78, 5) is 12.5. The first-order chi connectivity index (χ1) is 14.0. The Labute approximate surface area is 177 Å². The number of carbonyl (C=O) groups excluding carboxylic acids is 1. The molecule has 1 aromatic carbocycles. The Morgan fingerprint density at radius 3 is 2.10 bits per heavy atom. The first-order valence-corrected chi connectivity index (χ1v) is 11.9. The number of esters is 1. The van der Waals surface area contributed by atoms with E-state index in [1.54, 1.807) is 0 Å². The van der Waals surface area contributed by atoms with Crippen LogP contribution in [0.3, 0.4) is 0 Å². The van der Waals surface area contributed by atoms with Gasteiger partial charge in [-0.2, -0.15) is 0 Å². The summed E-state index contributed by atoms with van der Waals surface area (Å²) >= 11 is 0. The Hall–Kier alpha value is -1.20. The van der Waals surface area contributed by atoms with Crippen LogP contribution >= 0.6 is 8.38 Å². The molecule has 7 heteroatoms. The van der Waals surface area contributed by atoms with Gasteiger partial charge in [0.1, 0.15) is 11.3 Å². The number of rotatable bonds is 14. The highest BCUT2D eigenvalue weighted by Gasteiger charge is 2.25. The third-order valence-corrected chi connectivity index (χ3v) is 6.54. The van der Waals surface area contributed by atoms with E-state index in [1.165, 1.54) is 12.7 Å². The van der Waals surface area contributed by atoms with Gasteiger partial charge in [-0.1, -0.05) is 6.92 Å². The summed E-state index contributed by atoms with van der Waals surface area (Å²) in [7, 11) is 0.587. The lowest BCUT2D eigenvalue weighted by molar-refractivity contribution is 0.0595. The molecule has 0 spiro atoms. The molecule has 0 aliphatic rings. The van der Waals surface area contributed by atoms with Gasteiger partial charge in [0.2, 0.25) is 0 Å². The van der Waals surface area contributed by atoms with Crippen LogP contribution in [0.25, 0.3) is 0 Å². The fraction of sp³-hybridized carbons (Fsp3) is 0.682. The lowest BCUT2D eigenvalue weighted by Gasteiger charge is -2.22. The van der Waals surface area contributed by atoms with Crippen molar-refractivity contribution in [2.45, 2.75) is 54.4 Å². The van der Waals surface area contributed by atoms with Gasteiger partial charge >= 0.3 is 5.97 Å². The van der Waals surface area contributed by atoms with Gasteiger partial charge in [0.15, 0.2) is 8.38 Å². The molecule has 0 aliphatic heterocycles. The van der Waals surface area contributed by atoms with Crippen LogP contribution in [-0.2, 0) is 26.6 Å². The summed E-state index contributed by atoms with van der Waals surface area (Å²) in [6.07, 6.45) is 2.53. The molecule has 0 atom stereocenters. The summed E-state index contributed by atoms with van der Waals surface area (Å²) in [6, 6.07) is 0. The molecule has 0 fully saturated rings. The normalized spacial score (nSPS) is 11.2. The van der Waals surface area contributed by atoms with Gasteiger partial charge in [-0.25, -0.2) is 4.79 Å². The maximum atomic E-state index is 12.5. The topological polar surface area (TPSA) is 66.0 Å². The SMILES string of the molecule is CCOc1c(CCNCCP(OCC)OCC)c(CC)c(C)c(C)c1C(=O)OC. The molecule has 0 heterocycles. The van der Waals surface area contributed by atoms with Gasteiger partial charge in [0.05, 0.1) is 26.9 Å². The highest BCUT2D eigenvalue weighted by Crippen LogP contribution is 2.37. The van der Waals surface area contributed by atoms with Crippen molar-refractivity contribution in [1.82, 2.24) is 5.32 Å². The molecule has 1 rings (SSSR count). The molecule has 0 saturated carbocycles. The maximum Gasteiger partial charge on any atom is 0.341 e. The number of nitrogens with one attached hydrogen (secondary N) is 1. The summed E-state index contributed by atoms with van der Waals surface area (Å²) in [5.74, 6) is 0.331. The number of methoxy groups -OCH3 is 1. The zero-order chi connectivity index (χ0) is 21.8. The minimum Gasteiger partial charge on any atom is -0.493 e. The van der Waals surface area contributed by atoms with E-state index in [1.807, 2.05) is 27.7 Å². The number of benzene rings is 1. The third kappa shape index (κ3) is 7.21. The first-order valence-electron chi connectivity index (χ1n) is 10.6. The molecule has 29 heavy (non-hydrogen) atoms. The molecule has 0 radical (unpaired) electrons. The number of ether oxygens (including phenoxy) is 2. The Bertz CT molecular complexity index is 645. The summed E-state index contributed by atoms with van der Waals surface area (Å²) in [6.45, 7) is 15.6. The van der Waals surface area contributed by atoms with E-state index in [0.717, 1.165) is 48.8 Å². The van der Waals surface area contributed by atoms with Gasteiger partial charge < -0.3 is 23.8 Å². The average molecular weight is 428 g/mol. The molecular formula is C22H38NO5P. The van der Waals surface area contributed by atoms with E-state index in [2.05, 4.69) is 19.2 Å². The van der Waals surface area contributed by atoms with Crippen molar-refractivity contribution < 1.29 is 23.3 Å². The third-order valence-electron chi connectivity index (χ3n) is 4.86. The lowest BCUT2D eigenvalue weighted by atomic mass is 9.89. The Morgan fingerprint density at radius 2 is 1.59 bits per heavy atom. The van der Waals surface area contributed by atoms with Crippen molar-refractivity contribution in [2.24, 2.45) is 0 Å². The van der Waals surface area contributed by atoms with E-state index < -0.39 is 8.38 Å². The van der Waals surface area contributed by atoms with E-state index in [-0.39, 0.29) is 5.97 Å². The van der Waals surface area contributed by atoms with E-state index in [9.17, 15) is 4.79 Å². The van der Waals surface area contributed by atoms with Gasteiger partial charge in [-0.15, -0.1) is 0 Å². The molecular weight excluding hydrogens is 389 g/mol. The van der Waals surface area contributed by atoms with Gasteiger partial charge in [0, 0.05) is 12.7 Å². The van der Waals surface area contributed by atoms with Crippen molar-refractivity contribution in [3.05, 3.63) is 27.8 Å². The van der Waals surface area contributed by atoms with Crippen LogP contribution in [0, 0.1) is 13.8 Å². The molecule has 0 bridgehead atoms. The first kappa shape index (κ1) is 25.8. The van der Waals surface area contributed by atoms with Crippen molar-refractivity contribution in [2.75, 3.05) is 46.2 Å². The summed E-state index contributed by atoms with van der Waals surface area (Å²) in [5.41, 5.74) is 4.99. The molecule has 1 N–H and O–H groups in total. The minimum absolute atomic E-state index is 0.343. The molecule has 0 unspecified atom stereocenters. The zero-order valence-electron chi connectivity index (χ0n) is 19.1. The van der Waals surface area contributed by atoms with Crippen molar-refractivity contribution in [3.63, 3.8) is 0 Å². The highest BCUT2D eigenvalue weighted by atomic mass is 31.2. The van der Waals surface area contributed by atoms with E-state index in [0.29, 0.717) is 31.1 Å². The van der Waals surface area contributed by atoms with Gasteiger partial charge in [-0.3, -0.25) is 0 Å². The largest absolute Gasteiger partial charge is 0.493 e. The fourth-order valence-corrected chi connectivity index (χ4v) is 4.71. The highest BCUT2D eigenvalue weighted by molar-refractivity contribution is 7.47. The lowest BCUT2D eigenvalue weighted by Crippen LogP contribution is -2.23. The smallest absolute Gasteiger partial charge is 0.341 e. The predicted octanol–water partition coefficient (Wildman–Crippen LogP) is 4.57. The summed E-state index contributed by atoms with van der Waals surface area (Å²) < 4.78 is 22.3. The molecule has 0 saturated heterocycles. The molecule has 0 amide bonds. The number of carbonyl (C=O) groups is 1. The average Bonchev–Trinajstić information content (AvgIpc) is 2.71. The van der Waals surface area contributed by atoms with Crippen LogP contribution in [0.5, 0.6) is 5.75 Å². The van der Waals surface area contributed by atoms with Crippen molar-refractivity contribution >= 4 is 14.3 Å². The van der Waals surface area contributed by atoms with Crippen molar-refractivity contribution in [3.8, 4) is 5.75 Å². The standard InChI is InChI=1S/C22H38NO5P/c1-8-18-16(5)17(6)20(22(24)25-7)21(26-9-2)19(18)12-13-23-14-15-29(27-10-3)28-11-4/h23H,8-15H2,1-7H3. The Balaban J connectivity index is 2.98. The van der Waals surface area contributed by atoms with Gasteiger partial charge in [-0.05, 0) is 76.3 Å². The van der Waals surface area contributed by atoms with E-state index >= 15 is 0 Å². The van der Waals surface area contributed by atoms with Crippen LogP contribution < -0.4 is 10.1 Å².